The third kappa shape index (κ3) is 4.31. The van der Waals surface area contributed by atoms with Crippen LogP contribution in [-0.2, 0) is 6.42 Å². The highest BCUT2D eigenvalue weighted by atomic mass is 79.9. The number of hydrogen-bond acceptors (Lipinski definition) is 2. The van der Waals surface area contributed by atoms with Crippen LogP contribution in [-0.4, -0.2) is 7.11 Å². The molecule has 0 saturated heterocycles. The summed E-state index contributed by atoms with van der Waals surface area (Å²) in [7, 11) is 1.69. The second kappa shape index (κ2) is 7.25. The van der Waals surface area contributed by atoms with Crippen LogP contribution in [0.2, 0.25) is 0 Å². The number of rotatable bonds is 5. The molecule has 19 heavy (non-hydrogen) atoms. The van der Waals surface area contributed by atoms with Crippen LogP contribution in [0.4, 0.5) is 0 Å². The molecule has 1 heterocycles. The Hall–Kier alpha value is 0.160. The molecule has 5 heteroatoms. The normalized spacial score (nSPS) is 12.4. The molecule has 102 valence electrons. The van der Waals surface area contributed by atoms with Crippen molar-refractivity contribution >= 4 is 59.1 Å². The van der Waals surface area contributed by atoms with E-state index in [1.807, 2.05) is 12.1 Å². The van der Waals surface area contributed by atoms with Crippen molar-refractivity contribution in [2.24, 2.45) is 0 Å². The van der Waals surface area contributed by atoms with Gasteiger partial charge in [-0.15, -0.1) is 11.3 Å². The number of alkyl halides is 1. The summed E-state index contributed by atoms with van der Waals surface area (Å²) in [5, 5.41) is 0. The van der Waals surface area contributed by atoms with E-state index < -0.39 is 0 Å². The molecule has 2 rings (SSSR count). The highest BCUT2D eigenvalue weighted by Crippen LogP contribution is 2.40. The van der Waals surface area contributed by atoms with Crippen molar-refractivity contribution in [2.75, 3.05) is 7.11 Å². The second-order valence-electron chi connectivity index (χ2n) is 4.13. The van der Waals surface area contributed by atoms with Gasteiger partial charge in [-0.25, -0.2) is 0 Å². The van der Waals surface area contributed by atoms with Crippen molar-refractivity contribution in [2.45, 2.75) is 17.7 Å². The predicted molar refractivity (Wildman–Crippen MR) is 92.7 cm³/mol. The topological polar surface area (TPSA) is 9.23 Å². The van der Waals surface area contributed by atoms with Gasteiger partial charge < -0.3 is 4.74 Å². The maximum atomic E-state index is 5.16. The number of ether oxygens (including phenoxy) is 1. The Kier molecular flexibility index (Phi) is 5.93. The zero-order chi connectivity index (χ0) is 13.8. The average molecular weight is 469 g/mol. The Morgan fingerprint density at radius 3 is 2.42 bits per heavy atom. The maximum absolute atomic E-state index is 5.16. The van der Waals surface area contributed by atoms with Crippen LogP contribution in [0.5, 0.6) is 5.75 Å². The minimum absolute atomic E-state index is 0.367. The van der Waals surface area contributed by atoms with Gasteiger partial charge in [0.25, 0.3) is 0 Å². The van der Waals surface area contributed by atoms with Crippen LogP contribution in [0.15, 0.2) is 37.9 Å². The summed E-state index contributed by atoms with van der Waals surface area (Å²) >= 11 is 12.6. The van der Waals surface area contributed by atoms with Gasteiger partial charge in [0.1, 0.15) is 5.75 Å². The van der Waals surface area contributed by atoms with Gasteiger partial charge in [-0.2, -0.15) is 0 Å². The molecular weight excluding hydrogens is 456 g/mol. The largest absolute Gasteiger partial charge is 0.497 e. The van der Waals surface area contributed by atoms with Gasteiger partial charge in [0.05, 0.1) is 14.7 Å². The summed E-state index contributed by atoms with van der Waals surface area (Å²) in [5.74, 6) is 0.906. The molecule has 1 aromatic carbocycles. The van der Waals surface area contributed by atoms with E-state index in [0.717, 1.165) is 22.4 Å². The fourth-order valence-electron chi connectivity index (χ4n) is 1.81. The van der Waals surface area contributed by atoms with Crippen molar-refractivity contribution < 1.29 is 4.74 Å². The summed E-state index contributed by atoms with van der Waals surface area (Å²) in [6.07, 6.45) is 2.11. The summed E-state index contributed by atoms with van der Waals surface area (Å²) < 4.78 is 7.51. The molecule has 0 amide bonds. The third-order valence-corrected chi connectivity index (χ3v) is 6.20. The standard InChI is InChI=1S/C14H13Br3OS/c1-18-10-5-2-9(3-6-10)4-7-12(15)11-8-13(16)19-14(11)17/h2-3,5-6,8,12H,4,7H2,1H3. The highest BCUT2D eigenvalue weighted by molar-refractivity contribution is 9.12. The van der Waals surface area contributed by atoms with E-state index in [9.17, 15) is 0 Å². The molecule has 0 saturated carbocycles. The van der Waals surface area contributed by atoms with Gasteiger partial charge >= 0.3 is 0 Å². The zero-order valence-electron chi connectivity index (χ0n) is 10.3. The van der Waals surface area contributed by atoms with E-state index in [2.05, 4.69) is 66.0 Å². The van der Waals surface area contributed by atoms with Crippen molar-refractivity contribution in [3.05, 3.63) is 49.0 Å². The van der Waals surface area contributed by atoms with Gasteiger partial charge in [-0.05, 0) is 74.0 Å². The molecule has 1 unspecified atom stereocenters. The summed E-state index contributed by atoms with van der Waals surface area (Å²) in [4.78, 5) is 0.367. The summed E-state index contributed by atoms with van der Waals surface area (Å²) in [6.45, 7) is 0. The highest BCUT2D eigenvalue weighted by Gasteiger charge is 2.14. The monoisotopic (exact) mass is 466 g/mol. The first-order chi connectivity index (χ1) is 9.10. The zero-order valence-corrected chi connectivity index (χ0v) is 15.9. The smallest absolute Gasteiger partial charge is 0.118 e. The molecular formula is C14H13Br3OS. The van der Waals surface area contributed by atoms with E-state index in [1.165, 1.54) is 14.9 Å². The molecule has 0 fully saturated rings. The van der Waals surface area contributed by atoms with E-state index in [4.69, 9.17) is 4.74 Å². The number of benzene rings is 1. The lowest BCUT2D eigenvalue weighted by Gasteiger charge is -2.09. The van der Waals surface area contributed by atoms with Crippen LogP contribution < -0.4 is 4.74 Å². The van der Waals surface area contributed by atoms with Gasteiger partial charge in [0.2, 0.25) is 0 Å². The average Bonchev–Trinajstić information content (AvgIpc) is 2.75. The minimum Gasteiger partial charge on any atom is -0.497 e. The fraction of sp³-hybridized carbons (Fsp3) is 0.286. The van der Waals surface area contributed by atoms with Crippen LogP contribution >= 0.6 is 59.1 Å². The molecule has 0 N–H and O–H groups in total. The number of aryl methyl sites for hydroxylation is 1. The van der Waals surface area contributed by atoms with Gasteiger partial charge in [0.15, 0.2) is 0 Å². The van der Waals surface area contributed by atoms with Crippen molar-refractivity contribution in [3.8, 4) is 5.75 Å². The number of halogens is 3. The molecule has 0 bridgehead atoms. The second-order valence-corrected chi connectivity index (χ2v) is 8.99. The maximum Gasteiger partial charge on any atom is 0.118 e. The lowest BCUT2D eigenvalue weighted by molar-refractivity contribution is 0.414. The summed E-state index contributed by atoms with van der Waals surface area (Å²) in [6, 6.07) is 10.4. The van der Waals surface area contributed by atoms with Crippen LogP contribution in [0.1, 0.15) is 22.4 Å². The van der Waals surface area contributed by atoms with Gasteiger partial charge in [-0.3, -0.25) is 0 Å². The minimum atomic E-state index is 0.367. The molecule has 1 aromatic heterocycles. The van der Waals surface area contributed by atoms with Gasteiger partial charge in [-0.1, -0.05) is 28.1 Å². The van der Waals surface area contributed by atoms with Crippen LogP contribution in [0.25, 0.3) is 0 Å². The Labute approximate surface area is 142 Å². The SMILES string of the molecule is COc1ccc(CCC(Br)c2cc(Br)sc2Br)cc1. The predicted octanol–water partition coefficient (Wildman–Crippen LogP) is 6.35. The Morgan fingerprint density at radius 2 is 1.89 bits per heavy atom. The molecule has 1 atom stereocenters. The number of hydrogen-bond donors (Lipinski definition) is 0. The van der Waals surface area contributed by atoms with E-state index >= 15 is 0 Å². The lowest BCUT2D eigenvalue weighted by Crippen LogP contribution is -1.93. The van der Waals surface area contributed by atoms with Gasteiger partial charge in [0, 0.05) is 4.83 Å². The Balaban J connectivity index is 1.96. The van der Waals surface area contributed by atoms with E-state index in [1.54, 1.807) is 18.4 Å². The van der Waals surface area contributed by atoms with Crippen LogP contribution in [0.3, 0.4) is 0 Å². The summed E-state index contributed by atoms with van der Waals surface area (Å²) in [5.41, 5.74) is 2.64. The molecule has 2 aromatic rings. The Morgan fingerprint density at radius 1 is 1.21 bits per heavy atom. The molecule has 0 aliphatic rings. The van der Waals surface area contributed by atoms with E-state index in [-0.39, 0.29) is 0 Å². The van der Waals surface area contributed by atoms with Crippen molar-refractivity contribution in [3.63, 3.8) is 0 Å². The number of methoxy groups -OCH3 is 1. The first-order valence-corrected chi connectivity index (χ1v) is 9.13. The molecule has 0 radical (unpaired) electrons. The number of thiophene rings is 1. The van der Waals surface area contributed by atoms with E-state index in [0.29, 0.717) is 4.83 Å². The van der Waals surface area contributed by atoms with Crippen LogP contribution in [0, 0.1) is 0 Å². The molecule has 0 aliphatic carbocycles. The Bertz CT molecular complexity index is 536. The fourth-order valence-corrected chi connectivity index (χ4v) is 5.83. The lowest BCUT2D eigenvalue weighted by atomic mass is 10.1. The quantitative estimate of drug-likeness (QED) is 0.464. The van der Waals surface area contributed by atoms with Crippen molar-refractivity contribution in [1.82, 2.24) is 0 Å². The van der Waals surface area contributed by atoms with Crippen molar-refractivity contribution in [1.29, 1.82) is 0 Å². The molecule has 1 nitrogen and oxygen atoms in total. The first kappa shape index (κ1) is 15.5. The third-order valence-electron chi connectivity index (χ3n) is 2.87. The molecule has 0 aliphatic heterocycles. The molecule has 0 spiro atoms. The first-order valence-electron chi connectivity index (χ1n) is 5.82.